The Morgan fingerprint density at radius 3 is 2.24 bits per heavy atom. The Morgan fingerprint density at radius 2 is 1.66 bits per heavy atom. The molecule has 3 fully saturated rings. The van der Waals surface area contributed by atoms with E-state index in [1.165, 1.54) is 18.6 Å². The summed E-state index contributed by atoms with van der Waals surface area (Å²) in [5, 5.41) is 16.2. The highest BCUT2D eigenvalue weighted by Gasteiger charge is 2.32. The van der Waals surface area contributed by atoms with Gasteiger partial charge in [0.05, 0.1) is 40.9 Å². The topological polar surface area (TPSA) is 66.7 Å². The van der Waals surface area contributed by atoms with Crippen molar-refractivity contribution in [1.29, 1.82) is 0 Å². The molecule has 206 valence electrons. The van der Waals surface area contributed by atoms with E-state index in [0.717, 1.165) is 92.8 Å². The first-order chi connectivity index (χ1) is 18.6. The molecule has 8 heteroatoms. The maximum absolute atomic E-state index is 13.6. The van der Waals surface area contributed by atoms with Crippen LogP contribution in [0.4, 0.5) is 10.1 Å². The van der Waals surface area contributed by atoms with Gasteiger partial charge in [-0.3, -0.25) is 0 Å². The molecule has 0 unspecified atom stereocenters. The number of piperidine rings is 2. The van der Waals surface area contributed by atoms with Crippen LogP contribution in [-0.2, 0) is 11.3 Å². The fourth-order valence-corrected chi connectivity index (χ4v) is 6.18. The van der Waals surface area contributed by atoms with E-state index in [1.54, 1.807) is 12.1 Å². The van der Waals surface area contributed by atoms with Crippen LogP contribution in [0.15, 0.2) is 30.3 Å². The number of pyridine rings is 1. The average molecular weight is 524 g/mol. The van der Waals surface area contributed by atoms with Gasteiger partial charge < -0.3 is 19.6 Å². The Kier molecular flexibility index (Phi) is 8.61. The number of hydrogen-bond acceptors (Lipinski definition) is 6. The molecule has 3 aliphatic rings. The molecule has 1 aliphatic carbocycles. The van der Waals surface area contributed by atoms with Gasteiger partial charge in [0.2, 0.25) is 0 Å². The summed E-state index contributed by atoms with van der Waals surface area (Å²) in [6.07, 6.45) is 8.39. The molecule has 38 heavy (non-hydrogen) atoms. The van der Waals surface area contributed by atoms with Crippen LogP contribution in [0.25, 0.3) is 16.7 Å². The van der Waals surface area contributed by atoms with Crippen LogP contribution >= 0.6 is 0 Å². The van der Waals surface area contributed by atoms with Gasteiger partial charge in [-0.05, 0) is 68.9 Å². The first kappa shape index (κ1) is 27.0. The van der Waals surface area contributed by atoms with E-state index in [-0.39, 0.29) is 12.4 Å². The minimum atomic E-state index is -0.270. The normalized spacial score (nSPS) is 19.9. The predicted octanol–water partition coefficient (Wildman–Crippen LogP) is 5.43. The maximum Gasteiger partial charge on any atom is 0.165 e. The monoisotopic (exact) mass is 523 g/mol. The van der Waals surface area contributed by atoms with Gasteiger partial charge in [0, 0.05) is 45.2 Å². The van der Waals surface area contributed by atoms with Crippen LogP contribution in [0, 0.1) is 5.82 Å². The molecule has 7 nitrogen and oxygen atoms in total. The van der Waals surface area contributed by atoms with E-state index >= 15 is 0 Å². The zero-order valence-corrected chi connectivity index (χ0v) is 23.1. The Labute approximate surface area is 225 Å². The molecule has 3 aromatic rings. The molecular formula is C30H42FN5O2. The van der Waals surface area contributed by atoms with Gasteiger partial charge in [-0.25, -0.2) is 14.1 Å². The van der Waals surface area contributed by atoms with Crippen LogP contribution in [0.2, 0.25) is 0 Å². The predicted molar refractivity (Wildman–Crippen MR) is 150 cm³/mol. The second-order valence-electron chi connectivity index (χ2n) is 10.6. The van der Waals surface area contributed by atoms with E-state index in [2.05, 4.69) is 15.9 Å². The molecule has 0 atom stereocenters. The fraction of sp³-hybridized carbons (Fsp3) is 0.600. The minimum absolute atomic E-state index is 0.124. The number of anilines is 1. The number of fused-ring (bicyclic) bond motifs is 1. The summed E-state index contributed by atoms with van der Waals surface area (Å²) in [6.45, 7) is 8.07. The number of benzene rings is 1. The number of aromatic nitrogens is 3. The molecule has 1 N–H and O–H groups in total. The van der Waals surface area contributed by atoms with E-state index in [9.17, 15) is 9.50 Å². The molecule has 4 heterocycles. The maximum atomic E-state index is 13.6. The van der Waals surface area contributed by atoms with E-state index in [1.807, 2.05) is 25.6 Å². The van der Waals surface area contributed by atoms with Gasteiger partial charge in [-0.15, -0.1) is 0 Å². The highest BCUT2D eigenvalue weighted by Crippen LogP contribution is 2.43. The van der Waals surface area contributed by atoms with Gasteiger partial charge in [0.1, 0.15) is 5.82 Å². The molecule has 6 rings (SSSR count). The SMILES string of the molecule is CC.COC1CCN(C2CCN(c3cc(CO)nc4c3c(C3CCC3)nn4-c3ccc(F)cc3)CC2)CC1. The molecule has 2 aromatic heterocycles. The van der Waals surface area contributed by atoms with Crippen LogP contribution < -0.4 is 4.90 Å². The third-order valence-corrected chi connectivity index (χ3v) is 8.55. The second kappa shape index (κ2) is 12.1. The number of nitrogens with zero attached hydrogens (tertiary/aromatic N) is 5. The van der Waals surface area contributed by atoms with Crippen molar-refractivity contribution in [2.45, 2.75) is 83.5 Å². The number of ether oxygens (including phenoxy) is 1. The van der Waals surface area contributed by atoms with E-state index in [0.29, 0.717) is 23.8 Å². The van der Waals surface area contributed by atoms with Crippen LogP contribution in [-0.4, -0.2) is 70.2 Å². The zero-order valence-electron chi connectivity index (χ0n) is 23.1. The summed E-state index contributed by atoms with van der Waals surface area (Å²) < 4.78 is 21.1. The number of aliphatic hydroxyl groups is 1. The number of likely N-dealkylation sites (tertiary alicyclic amines) is 1. The van der Waals surface area contributed by atoms with E-state index < -0.39 is 0 Å². The smallest absolute Gasteiger partial charge is 0.165 e. The minimum Gasteiger partial charge on any atom is -0.390 e. The molecule has 1 aromatic carbocycles. The molecular weight excluding hydrogens is 481 g/mol. The lowest BCUT2D eigenvalue weighted by Gasteiger charge is -2.42. The van der Waals surface area contributed by atoms with Crippen molar-refractivity contribution in [3.63, 3.8) is 0 Å². The van der Waals surface area contributed by atoms with Gasteiger partial charge in [-0.2, -0.15) is 5.10 Å². The van der Waals surface area contributed by atoms with Crippen molar-refractivity contribution >= 4 is 16.7 Å². The van der Waals surface area contributed by atoms with Crippen molar-refractivity contribution < 1.29 is 14.2 Å². The van der Waals surface area contributed by atoms with Crippen LogP contribution in [0.1, 0.15) is 76.1 Å². The first-order valence-corrected chi connectivity index (χ1v) is 14.5. The third-order valence-electron chi connectivity index (χ3n) is 8.55. The van der Waals surface area contributed by atoms with Crippen molar-refractivity contribution in [1.82, 2.24) is 19.7 Å². The third kappa shape index (κ3) is 5.31. The standard InChI is InChI=1S/C28H36FN5O2.C2H6/c1-36-24-11-15-32(16-12-24)22-9-13-33(14-10-22)25-17-21(18-35)30-28-26(25)27(19-3-2-4-19)31-34(28)23-7-5-20(29)6-8-23;1-2/h5-8,17,19,22,24,35H,2-4,9-16,18H2,1H3;1-2H3. The van der Waals surface area contributed by atoms with Gasteiger partial charge in [-0.1, -0.05) is 20.3 Å². The molecule has 0 amide bonds. The number of methoxy groups -OCH3 is 1. The number of aliphatic hydroxyl groups excluding tert-OH is 1. The molecule has 0 spiro atoms. The van der Waals surface area contributed by atoms with Crippen molar-refractivity contribution in [2.75, 3.05) is 38.2 Å². The fourth-order valence-electron chi connectivity index (χ4n) is 6.18. The van der Waals surface area contributed by atoms with Crippen LogP contribution in [0.5, 0.6) is 0 Å². The number of halogens is 1. The first-order valence-electron chi connectivity index (χ1n) is 14.5. The summed E-state index contributed by atoms with van der Waals surface area (Å²) >= 11 is 0. The highest BCUT2D eigenvalue weighted by atomic mass is 19.1. The lowest BCUT2D eigenvalue weighted by Crippen LogP contribution is -2.48. The summed E-state index contributed by atoms with van der Waals surface area (Å²) in [5.41, 5.74) is 4.42. The van der Waals surface area contributed by atoms with Gasteiger partial charge >= 0.3 is 0 Å². The molecule has 2 aliphatic heterocycles. The van der Waals surface area contributed by atoms with Gasteiger partial charge in [0.25, 0.3) is 0 Å². The molecule has 2 saturated heterocycles. The Bertz CT molecular complexity index is 1190. The van der Waals surface area contributed by atoms with Gasteiger partial charge in [0.15, 0.2) is 5.65 Å². The second-order valence-corrected chi connectivity index (χ2v) is 10.6. The summed E-state index contributed by atoms with van der Waals surface area (Å²) in [6, 6.07) is 9.09. The van der Waals surface area contributed by atoms with Crippen molar-refractivity contribution in [2.24, 2.45) is 0 Å². The lowest BCUT2D eigenvalue weighted by atomic mass is 9.82. The summed E-state index contributed by atoms with van der Waals surface area (Å²) in [5.74, 6) is 0.155. The zero-order chi connectivity index (χ0) is 26.6. The molecule has 1 saturated carbocycles. The number of rotatable bonds is 6. The van der Waals surface area contributed by atoms with Crippen molar-refractivity contribution in [3.05, 3.63) is 47.5 Å². The lowest BCUT2D eigenvalue weighted by molar-refractivity contribution is 0.0233. The number of hydrogen-bond donors (Lipinski definition) is 1. The Balaban J connectivity index is 0.00000144. The highest BCUT2D eigenvalue weighted by molar-refractivity contribution is 5.94. The summed E-state index contributed by atoms with van der Waals surface area (Å²) in [7, 11) is 1.82. The van der Waals surface area contributed by atoms with Crippen LogP contribution in [0.3, 0.4) is 0 Å². The Morgan fingerprint density at radius 1 is 0.974 bits per heavy atom. The largest absolute Gasteiger partial charge is 0.390 e. The summed E-state index contributed by atoms with van der Waals surface area (Å²) in [4.78, 5) is 9.95. The molecule has 0 bridgehead atoms. The van der Waals surface area contributed by atoms with E-state index in [4.69, 9.17) is 14.8 Å². The Hall–Kier alpha value is -2.55. The molecule has 0 radical (unpaired) electrons. The average Bonchev–Trinajstić information content (AvgIpc) is 3.32. The van der Waals surface area contributed by atoms with Crippen molar-refractivity contribution in [3.8, 4) is 5.69 Å². The quantitative estimate of drug-likeness (QED) is 0.465.